The van der Waals surface area contributed by atoms with Gasteiger partial charge in [0, 0.05) is 49.4 Å². The monoisotopic (exact) mass is 753 g/mol. The molecule has 0 aliphatic heterocycles. The molecule has 0 N–H and O–H groups in total. The minimum Gasteiger partial charge on any atom is -0.309 e. The van der Waals surface area contributed by atoms with Gasteiger partial charge in [0.25, 0.3) is 0 Å². The number of nitrogens with zero attached hydrogens (tertiary/aromatic N) is 3. The van der Waals surface area contributed by atoms with Crippen LogP contribution in [-0.4, -0.2) is 13.7 Å². The average Bonchev–Trinajstić information content (AvgIpc) is 3.92. The molecule has 12 rings (SSSR count). The van der Waals surface area contributed by atoms with Gasteiger partial charge in [0.2, 0.25) is 0 Å². The number of hydrogen-bond donors (Lipinski definition) is 0. The summed E-state index contributed by atoms with van der Waals surface area (Å²) in [5, 5.41) is 7.63. The Kier molecular flexibility index (Phi) is 7.36. The van der Waals surface area contributed by atoms with E-state index in [0.29, 0.717) is 0 Å². The summed E-state index contributed by atoms with van der Waals surface area (Å²) in [6.07, 6.45) is 0. The van der Waals surface area contributed by atoms with Crippen LogP contribution < -0.4 is 0 Å². The first-order chi connectivity index (χ1) is 29.1. The largest absolute Gasteiger partial charge is 0.309 e. The van der Waals surface area contributed by atoms with Crippen molar-refractivity contribution in [2.75, 3.05) is 0 Å². The van der Waals surface area contributed by atoms with Gasteiger partial charge < -0.3 is 13.7 Å². The molecule has 12 aromatic rings. The molecule has 0 fully saturated rings. The number of aromatic nitrogens is 3. The van der Waals surface area contributed by atoms with Crippen molar-refractivity contribution < 1.29 is 0 Å². The van der Waals surface area contributed by atoms with Gasteiger partial charge in [-0.3, -0.25) is 0 Å². The Balaban J connectivity index is 0.950. The van der Waals surface area contributed by atoms with E-state index < -0.39 is 0 Å². The van der Waals surface area contributed by atoms with Crippen LogP contribution in [0.1, 0.15) is 11.1 Å². The van der Waals surface area contributed by atoms with Crippen molar-refractivity contribution in [1.29, 1.82) is 0 Å². The van der Waals surface area contributed by atoms with Gasteiger partial charge in [-0.2, -0.15) is 0 Å². The van der Waals surface area contributed by atoms with Crippen molar-refractivity contribution >= 4 is 65.4 Å². The second kappa shape index (κ2) is 13.0. The second-order valence-corrected chi connectivity index (χ2v) is 15.9. The van der Waals surface area contributed by atoms with Gasteiger partial charge >= 0.3 is 0 Å². The topological polar surface area (TPSA) is 14.8 Å². The normalized spacial score (nSPS) is 11.9. The summed E-state index contributed by atoms with van der Waals surface area (Å²) >= 11 is 0. The number of benzene rings is 9. The van der Waals surface area contributed by atoms with Crippen molar-refractivity contribution in [1.82, 2.24) is 13.7 Å². The van der Waals surface area contributed by atoms with Crippen molar-refractivity contribution in [3.8, 4) is 39.3 Å². The van der Waals surface area contributed by atoms with Gasteiger partial charge in [0.05, 0.1) is 33.1 Å². The molecule has 3 aromatic heterocycles. The summed E-state index contributed by atoms with van der Waals surface area (Å²) < 4.78 is 7.22. The Morgan fingerprint density at radius 1 is 0.271 bits per heavy atom. The number of aryl methyl sites for hydroxylation is 2. The van der Waals surface area contributed by atoms with E-state index in [0.717, 1.165) is 5.69 Å². The van der Waals surface area contributed by atoms with Gasteiger partial charge in [-0.15, -0.1) is 0 Å². The van der Waals surface area contributed by atoms with Gasteiger partial charge in [0.1, 0.15) is 0 Å². The quantitative estimate of drug-likeness (QED) is 0.166. The fourth-order valence-corrected chi connectivity index (χ4v) is 9.67. The van der Waals surface area contributed by atoms with Crippen LogP contribution in [0.4, 0.5) is 0 Å². The maximum absolute atomic E-state index is 2.42. The predicted octanol–water partition coefficient (Wildman–Crippen LogP) is 14.9. The Bertz CT molecular complexity index is 3540. The van der Waals surface area contributed by atoms with E-state index in [4.69, 9.17) is 0 Å². The summed E-state index contributed by atoms with van der Waals surface area (Å²) in [6.45, 7) is 4.34. The zero-order valence-electron chi connectivity index (χ0n) is 32.9. The maximum Gasteiger partial charge on any atom is 0.0547 e. The number of para-hydroxylation sites is 3. The van der Waals surface area contributed by atoms with Crippen LogP contribution in [0, 0.1) is 13.8 Å². The highest BCUT2D eigenvalue weighted by molar-refractivity contribution is 6.17. The van der Waals surface area contributed by atoms with Crippen LogP contribution >= 0.6 is 0 Å². The molecule has 3 nitrogen and oxygen atoms in total. The van der Waals surface area contributed by atoms with Crippen molar-refractivity contribution in [3.05, 3.63) is 211 Å². The zero-order chi connectivity index (χ0) is 39.2. The molecule has 0 aliphatic carbocycles. The van der Waals surface area contributed by atoms with Crippen molar-refractivity contribution in [3.63, 3.8) is 0 Å². The number of rotatable bonds is 5. The number of hydrogen-bond acceptors (Lipinski definition) is 0. The second-order valence-electron chi connectivity index (χ2n) is 15.9. The molecule has 0 amide bonds. The van der Waals surface area contributed by atoms with Gasteiger partial charge in [0.15, 0.2) is 0 Å². The first kappa shape index (κ1) is 33.5. The smallest absolute Gasteiger partial charge is 0.0547 e. The molecule has 0 aliphatic rings. The third-order valence-electron chi connectivity index (χ3n) is 12.4. The molecule has 0 unspecified atom stereocenters. The Labute approximate surface area is 342 Å². The molecule has 0 saturated heterocycles. The summed E-state index contributed by atoms with van der Waals surface area (Å²) in [4.78, 5) is 0. The SMILES string of the molecule is Cc1ccc2c(c1)c1cc(C)ccc1n2-c1ccc(-c2ccc(-n3c4ccccc4c4c(-c5ccc6c7ccccc7n(-c7ccccc7)c6c5)cccc43)cc2)cc1. The predicted molar refractivity (Wildman–Crippen MR) is 250 cm³/mol. The van der Waals surface area contributed by atoms with E-state index in [-0.39, 0.29) is 0 Å². The molecular weight excluding hydrogens is 715 g/mol. The Morgan fingerprint density at radius 2 is 0.729 bits per heavy atom. The fraction of sp³-hybridized carbons (Fsp3) is 0.0357. The van der Waals surface area contributed by atoms with Crippen LogP contribution in [0.3, 0.4) is 0 Å². The van der Waals surface area contributed by atoms with Crippen LogP contribution in [0.2, 0.25) is 0 Å². The molecule has 3 heteroatoms. The van der Waals surface area contributed by atoms with Crippen molar-refractivity contribution in [2.24, 2.45) is 0 Å². The lowest BCUT2D eigenvalue weighted by Crippen LogP contribution is -1.95. The van der Waals surface area contributed by atoms with Gasteiger partial charge in [-0.05, 0) is 121 Å². The summed E-state index contributed by atoms with van der Waals surface area (Å²) in [6, 6.07) is 73.7. The molecule has 0 atom stereocenters. The highest BCUT2D eigenvalue weighted by Gasteiger charge is 2.19. The van der Waals surface area contributed by atoms with E-state index in [2.05, 4.69) is 228 Å². The van der Waals surface area contributed by atoms with Crippen LogP contribution in [0.25, 0.3) is 105 Å². The molecule has 0 saturated carbocycles. The highest BCUT2D eigenvalue weighted by atomic mass is 15.0. The molecule has 3 heterocycles. The number of fused-ring (bicyclic) bond motifs is 9. The molecule has 59 heavy (non-hydrogen) atoms. The average molecular weight is 754 g/mol. The van der Waals surface area contributed by atoms with Gasteiger partial charge in [-0.1, -0.05) is 126 Å². The fourth-order valence-electron chi connectivity index (χ4n) is 9.67. The van der Waals surface area contributed by atoms with Crippen LogP contribution in [-0.2, 0) is 0 Å². The highest BCUT2D eigenvalue weighted by Crippen LogP contribution is 2.41. The lowest BCUT2D eigenvalue weighted by molar-refractivity contribution is 1.18. The Morgan fingerprint density at radius 3 is 1.37 bits per heavy atom. The lowest BCUT2D eigenvalue weighted by Gasteiger charge is -2.12. The summed E-state index contributed by atoms with van der Waals surface area (Å²) in [5.74, 6) is 0. The van der Waals surface area contributed by atoms with Gasteiger partial charge in [-0.25, -0.2) is 0 Å². The molecule has 9 aromatic carbocycles. The molecule has 0 bridgehead atoms. The third-order valence-corrected chi connectivity index (χ3v) is 12.4. The standard InChI is InChI=1S/C56H39N3/c1-36-19-31-52-48(33-36)49-34-37(2)20-32-53(49)57(52)42-26-21-38(22-27-42)39-23-28-43(29-24-39)58-51-17-9-7-14-47(51)56-44(15-10-18-54(56)58)40-25-30-46-45-13-6-8-16-50(45)59(55(46)35-40)41-11-4-3-5-12-41/h3-35H,1-2H3. The molecule has 0 spiro atoms. The van der Waals surface area contributed by atoms with E-state index in [1.807, 2.05) is 0 Å². The van der Waals surface area contributed by atoms with E-state index in [1.54, 1.807) is 0 Å². The van der Waals surface area contributed by atoms with Crippen LogP contribution in [0.5, 0.6) is 0 Å². The minimum atomic E-state index is 1.14. The third kappa shape index (κ3) is 5.15. The van der Waals surface area contributed by atoms with Crippen molar-refractivity contribution in [2.45, 2.75) is 13.8 Å². The van der Waals surface area contributed by atoms with E-state index >= 15 is 0 Å². The first-order valence-corrected chi connectivity index (χ1v) is 20.4. The lowest BCUT2D eigenvalue weighted by atomic mass is 9.98. The van der Waals surface area contributed by atoms with E-state index in [9.17, 15) is 0 Å². The van der Waals surface area contributed by atoms with Crippen LogP contribution in [0.15, 0.2) is 200 Å². The first-order valence-electron chi connectivity index (χ1n) is 20.4. The molecule has 0 radical (unpaired) electrons. The maximum atomic E-state index is 2.42. The summed E-state index contributed by atoms with van der Waals surface area (Å²) in [7, 11) is 0. The molecule has 278 valence electrons. The Hall–Kier alpha value is -7.62. The minimum absolute atomic E-state index is 1.14. The zero-order valence-corrected chi connectivity index (χ0v) is 32.9. The summed E-state index contributed by atoms with van der Waals surface area (Å²) in [5.41, 5.74) is 18.1. The molecular formula is C56H39N3. The van der Waals surface area contributed by atoms with E-state index in [1.165, 1.54) is 110 Å².